The highest BCUT2D eigenvalue weighted by atomic mass is 79.9. The molecule has 0 spiro atoms. The van der Waals surface area contributed by atoms with Crippen LogP contribution >= 0.6 is 15.9 Å². The first kappa shape index (κ1) is 9.84. The number of benzene rings is 1. The van der Waals surface area contributed by atoms with Gasteiger partial charge in [-0.2, -0.15) is 0 Å². The van der Waals surface area contributed by atoms with Crippen molar-refractivity contribution in [3.05, 3.63) is 22.7 Å². The largest absolute Gasteiger partial charge is 0.398 e. The second-order valence-corrected chi connectivity index (χ2v) is 5.58. The van der Waals surface area contributed by atoms with Crippen LogP contribution in [0.1, 0.15) is 13.8 Å². The first-order valence-corrected chi connectivity index (χ1v) is 5.57. The molecule has 1 aliphatic rings. The van der Waals surface area contributed by atoms with Crippen LogP contribution in [0, 0.1) is 5.41 Å². The zero-order valence-electron chi connectivity index (χ0n) is 8.55. The van der Waals surface area contributed by atoms with E-state index in [4.69, 9.17) is 5.73 Å². The van der Waals surface area contributed by atoms with E-state index in [1.54, 1.807) is 0 Å². The predicted octanol–water partition coefficient (Wildman–Crippen LogP) is 2.88. The Bertz CT molecular complexity index is 352. The molecule has 0 atom stereocenters. The Morgan fingerprint density at radius 3 is 2.50 bits per heavy atom. The minimum absolute atomic E-state index is 0.460. The molecule has 2 N–H and O–H groups in total. The van der Waals surface area contributed by atoms with Gasteiger partial charge in [-0.3, -0.25) is 0 Å². The van der Waals surface area contributed by atoms with Crippen molar-refractivity contribution in [1.82, 2.24) is 0 Å². The van der Waals surface area contributed by atoms with Crippen molar-refractivity contribution in [2.24, 2.45) is 5.41 Å². The van der Waals surface area contributed by atoms with Crippen LogP contribution in [0.2, 0.25) is 0 Å². The molecule has 0 unspecified atom stereocenters. The summed E-state index contributed by atoms with van der Waals surface area (Å²) in [5, 5.41) is 0. The maximum absolute atomic E-state index is 5.83. The SMILES string of the molecule is CC1(C)CN(c2ccc(Br)c(N)c2)C1. The molecule has 0 amide bonds. The number of halogens is 1. The van der Waals surface area contributed by atoms with Gasteiger partial charge in [0.05, 0.1) is 0 Å². The summed E-state index contributed by atoms with van der Waals surface area (Å²) in [7, 11) is 0. The lowest BCUT2D eigenvalue weighted by Crippen LogP contribution is -2.53. The summed E-state index contributed by atoms with van der Waals surface area (Å²) in [5.41, 5.74) is 8.33. The quantitative estimate of drug-likeness (QED) is 0.782. The fourth-order valence-electron chi connectivity index (χ4n) is 1.90. The zero-order valence-corrected chi connectivity index (χ0v) is 10.1. The maximum Gasteiger partial charge on any atom is 0.0479 e. The van der Waals surface area contributed by atoms with Crippen molar-refractivity contribution in [1.29, 1.82) is 0 Å². The molecule has 76 valence electrons. The van der Waals surface area contributed by atoms with E-state index in [2.05, 4.69) is 40.7 Å². The van der Waals surface area contributed by atoms with Crippen LogP contribution in [0.3, 0.4) is 0 Å². The average molecular weight is 255 g/mol. The molecular weight excluding hydrogens is 240 g/mol. The number of hydrogen-bond acceptors (Lipinski definition) is 2. The van der Waals surface area contributed by atoms with Crippen LogP contribution in [0.4, 0.5) is 11.4 Å². The smallest absolute Gasteiger partial charge is 0.0479 e. The number of hydrogen-bond donors (Lipinski definition) is 1. The van der Waals surface area contributed by atoms with E-state index in [0.717, 1.165) is 23.2 Å². The molecule has 2 nitrogen and oxygen atoms in total. The second-order valence-electron chi connectivity index (χ2n) is 4.73. The van der Waals surface area contributed by atoms with Crippen LogP contribution in [0.25, 0.3) is 0 Å². The van der Waals surface area contributed by atoms with E-state index in [1.807, 2.05) is 12.1 Å². The van der Waals surface area contributed by atoms with Gasteiger partial charge in [0.2, 0.25) is 0 Å². The van der Waals surface area contributed by atoms with Gasteiger partial charge in [0, 0.05) is 28.9 Å². The fraction of sp³-hybridized carbons (Fsp3) is 0.455. The van der Waals surface area contributed by atoms with Crippen LogP contribution < -0.4 is 10.6 Å². The lowest BCUT2D eigenvalue weighted by molar-refractivity contribution is 0.276. The van der Waals surface area contributed by atoms with E-state index in [1.165, 1.54) is 5.69 Å². The predicted molar refractivity (Wildman–Crippen MR) is 64.5 cm³/mol. The third kappa shape index (κ3) is 1.73. The molecule has 0 radical (unpaired) electrons. The van der Waals surface area contributed by atoms with E-state index in [0.29, 0.717) is 5.41 Å². The lowest BCUT2D eigenvalue weighted by atomic mass is 9.84. The molecule has 3 heteroatoms. The molecule has 14 heavy (non-hydrogen) atoms. The normalized spacial score (nSPS) is 19.2. The number of rotatable bonds is 1. The van der Waals surface area contributed by atoms with Gasteiger partial charge < -0.3 is 10.6 Å². The first-order valence-electron chi connectivity index (χ1n) is 4.78. The molecule has 2 rings (SSSR count). The molecule has 1 aliphatic heterocycles. The van der Waals surface area contributed by atoms with Gasteiger partial charge in [-0.05, 0) is 39.5 Å². The minimum atomic E-state index is 0.460. The molecule has 0 aromatic heterocycles. The van der Waals surface area contributed by atoms with Crippen molar-refractivity contribution in [2.75, 3.05) is 23.7 Å². The fourth-order valence-corrected chi connectivity index (χ4v) is 2.14. The van der Waals surface area contributed by atoms with Crippen molar-refractivity contribution >= 4 is 27.3 Å². The number of nitrogens with zero attached hydrogens (tertiary/aromatic N) is 1. The molecule has 0 saturated carbocycles. The van der Waals surface area contributed by atoms with Crippen molar-refractivity contribution in [3.63, 3.8) is 0 Å². The Hall–Kier alpha value is -0.700. The van der Waals surface area contributed by atoms with Gasteiger partial charge in [0.15, 0.2) is 0 Å². The van der Waals surface area contributed by atoms with Gasteiger partial charge in [0.25, 0.3) is 0 Å². The molecule has 0 bridgehead atoms. The third-order valence-electron chi connectivity index (χ3n) is 2.58. The zero-order chi connectivity index (χ0) is 10.3. The van der Waals surface area contributed by atoms with E-state index in [9.17, 15) is 0 Å². The topological polar surface area (TPSA) is 29.3 Å². The first-order chi connectivity index (χ1) is 6.48. The summed E-state index contributed by atoms with van der Waals surface area (Å²) < 4.78 is 0.973. The number of anilines is 2. The summed E-state index contributed by atoms with van der Waals surface area (Å²) in [6.07, 6.45) is 0. The summed E-state index contributed by atoms with van der Waals surface area (Å²) in [4.78, 5) is 2.35. The maximum atomic E-state index is 5.83. The van der Waals surface area contributed by atoms with Crippen LogP contribution in [0.5, 0.6) is 0 Å². The summed E-state index contributed by atoms with van der Waals surface area (Å²) in [5.74, 6) is 0. The highest BCUT2D eigenvalue weighted by Crippen LogP contribution is 2.35. The lowest BCUT2D eigenvalue weighted by Gasteiger charge is -2.47. The Balaban J connectivity index is 2.16. The molecule has 0 aliphatic carbocycles. The molecule has 1 heterocycles. The Morgan fingerprint density at radius 1 is 1.36 bits per heavy atom. The van der Waals surface area contributed by atoms with Crippen LogP contribution in [-0.4, -0.2) is 13.1 Å². The minimum Gasteiger partial charge on any atom is -0.398 e. The third-order valence-corrected chi connectivity index (χ3v) is 3.30. The molecule has 1 aromatic rings. The van der Waals surface area contributed by atoms with Crippen molar-refractivity contribution in [3.8, 4) is 0 Å². The van der Waals surface area contributed by atoms with Crippen molar-refractivity contribution in [2.45, 2.75) is 13.8 Å². The Labute approximate surface area is 93.2 Å². The van der Waals surface area contributed by atoms with E-state index < -0.39 is 0 Å². The van der Waals surface area contributed by atoms with Gasteiger partial charge in [0.1, 0.15) is 0 Å². The molecule has 1 aromatic carbocycles. The molecule has 1 fully saturated rings. The average Bonchev–Trinajstić information content (AvgIpc) is 2.06. The van der Waals surface area contributed by atoms with Crippen molar-refractivity contribution < 1.29 is 0 Å². The van der Waals surface area contributed by atoms with E-state index >= 15 is 0 Å². The molecule has 1 saturated heterocycles. The summed E-state index contributed by atoms with van der Waals surface area (Å²) in [6, 6.07) is 6.14. The Morgan fingerprint density at radius 2 is 2.00 bits per heavy atom. The number of nitrogens with two attached hydrogens (primary N) is 1. The summed E-state index contributed by atoms with van der Waals surface area (Å²) in [6.45, 7) is 6.81. The van der Waals surface area contributed by atoms with Crippen LogP contribution in [0.15, 0.2) is 22.7 Å². The monoisotopic (exact) mass is 254 g/mol. The summed E-state index contributed by atoms with van der Waals surface area (Å²) >= 11 is 3.40. The van der Waals surface area contributed by atoms with Gasteiger partial charge in [-0.25, -0.2) is 0 Å². The van der Waals surface area contributed by atoms with E-state index in [-0.39, 0.29) is 0 Å². The van der Waals surface area contributed by atoms with Crippen LogP contribution in [-0.2, 0) is 0 Å². The highest BCUT2D eigenvalue weighted by molar-refractivity contribution is 9.10. The second kappa shape index (κ2) is 3.16. The van der Waals surface area contributed by atoms with Gasteiger partial charge in [-0.1, -0.05) is 13.8 Å². The van der Waals surface area contributed by atoms with Gasteiger partial charge in [-0.15, -0.1) is 0 Å². The highest BCUT2D eigenvalue weighted by Gasteiger charge is 2.34. The Kier molecular flexibility index (Phi) is 2.22. The number of nitrogen functional groups attached to an aromatic ring is 1. The standard InChI is InChI=1S/C11H15BrN2/c1-11(2)6-14(7-11)8-3-4-9(12)10(13)5-8/h3-5H,6-7,13H2,1-2H3. The molecular formula is C11H15BrN2. The van der Waals surface area contributed by atoms with Gasteiger partial charge >= 0.3 is 0 Å².